The van der Waals surface area contributed by atoms with Gasteiger partial charge in [-0.2, -0.15) is 0 Å². The zero-order valence-corrected chi connectivity index (χ0v) is 13.1. The Labute approximate surface area is 128 Å². The standard InChI is InChI=1S/C16H21N3OS/c1-11-18-13-6-5-12(9-14(13)21-11)19-15(20)10-16(17)7-3-2-4-8-16/h5-6,9H,2-4,7-8,10,17H2,1H3,(H,19,20). The quantitative estimate of drug-likeness (QED) is 0.910. The smallest absolute Gasteiger partial charge is 0.226 e. The minimum absolute atomic E-state index is 0.0139. The van der Waals surface area contributed by atoms with Crippen LogP contribution in [0.15, 0.2) is 18.2 Å². The summed E-state index contributed by atoms with van der Waals surface area (Å²) in [6.45, 7) is 1.99. The number of thiazole rings is 1. The molecule has 1 amide bonds. The number of anilines is 1. The number of hydrogen-bond donors (Lipinski definition) is 2. The third kappa shape index (κ3) is 3.41. The van der Waals surface area contributed by atoms with Gasteiger partial charge in [-0.25, -0.2) is 4.98 Å². The number of fused-ring (bicyclic) bond motifs is 1. The molecule has 3 rings (SSSR count). The summed E-state index contributed by atoms with van der Waals surface area (Å²) < 4.78 is 1.10. The van der Waals surface area contributed by atoms with Crippen LogP contribution in [-0.4, -0.2) is 16.4 Å². The van der Waals surface area contributed by atoms with Gasteiger partial charge in [0, 0.05) is 17.6 Å². The number of benzene rings is 1. The van der Waals surface area contributed by atoms with Crippen LogP contribution < -0.4 is 11.1 Å². The molecular weight excluding hydrogens is 282 g/mol. The first kappa shape index (κ1) is 14.5. The molecule has 5 heteroatoms. The van der Waals surface area contributed by atoms with Crippen molar-refractivity contribution >= 4 is 33.1 Å². The number of nitrogens with zero attached hydrogens (tertiary/aromatic N) is 1. The van der Waals surface area contributed by atoms with Crippen LogP contribution in [0, 0.1) is 6.92 Å². The van der Waals surface area contributed by atoms with E-state index in [1.807, 2.05) is 25.1 Å². The monoisotopic (exact) mass is 303 g/mol. The van der Waals surface area contributed by atoms with E-state index in [1.165, 1.54) is 6.42 Å². The zero-order chi connectivity index (χ0) is 14.9. The fourth-order valence-electron chi connectivity index (χ4n) is 3.08. The summed E-state index contributed by atoms with van der Waals surface area (Å²) in [6.07, 6.45) is 5.82. The number of carbonyl (C=O) groups excluding carboxylic acids is 1. The van der Waals surface area contributed by atoms with Gasteiger partial charge in [0.1, 0.15) is 0 Å². The van der Waals surface area contributed by atoms with Crippen molar-refractivity contribution in [2.75, 3.05) is 5.32 Å². The van der Waals surface area contributed by atoms with Gasteiger partial charge in [0.05, 0.1) is 15.2 Å². The number of amides is 1. The summed E-state index contributed by atoms with van der Waals surface area (Å²) in [6, 6.07) is 5.85. The Morgan fingerprint density at radius 3 is 2.90 bits per heavy atom. The van der Waals surface area contributed by atoms with Crippen LogP contribution in [0.1, 0.15) is 43.5 Å². The van der Waals surface area contributed by atoms with Crippen LogP contribution in [0.2, 0.25) is 0 Å². The Morgan fingerprint density at radius 1 is 1.38 bits per heavy atom. The van der Waals surface area contributed by atoms with Gasteiger partial charge in [0.15, 0.2) is 0 Å². The maximum absolute atomic E-state index is 12.2. The summed E-state index contributed by atoms with van der Waals surface area (Å²) in [5.74, 6) is 0.0139. The predicted molar refractivity (Wildman–Crippen MR) is 87.6 cm³/mol. The number of nitrogens with one attached hydrogen (secondary N) is 1. The lowest BCUT2D eigenvalue weighted by Crippen LogP contribution is -2.44. The van der Waals surface area contributed by atoms with Crippen LogP contribution in [0.4, 0.5) is 5.69 Å². The third-order valence-corrected chi connectivity index (χ3v) is 5.07. The highest BCUT2D eigenvalue weighted by atomic mass is 32.1. The number of aryl methyl sites for hydroxylation is 1. The van der Waals surface area contributed by atoms with E-state index in [0.29, 0.717) is 6.42 Å². The van der Waals surface area contributed by atoms with Crippen LogP contribution in [-0.2, 0) is 4.79 Å². The van der Waals surface area contributed by atoms with Crippen molar-refractivity contribution in [3.8, 4) is 0 Å². The number of aromatic nitrogens is 1. The number of carbonyl (C=O) groups is 1. The molecule has 1 aliphatic rings. The second-order valence-corrected chi connectivity index (χ2v) is 7.30. The second-order valence-electron chi connectivity index (χ2n) is 6.06. The van der Waals surface area contributed by atoms with Gasteiger partial charge in [-0.15, -0.1) is 11.3 Å². The van der Waals surface area contributed by atoms with E-state index < -0.39 is 0 Å². The molecule has 1 aromatic carbocycles. The number of rotatable bonds is 3. The van der Waals surface area contributed by atoms with Crippen molar-refractivity contribution in [1.82, 2.24) is 4.98 Å². The normalized spacial score (nSPS) is 17.8. The third-order valence-electron chi connectivity index (χ3n) is 4.14. The van der Waals surface area contributed by atoms with Crippen molar-refractivity contribution in [2.45, 2.75) is 51.0 Å². The molecule has 1 heterocycles. The van der Waals surface area contributed by atoms with Crippen molar-refractivity contribution < 1.29 is 4.79 Å². The molecule has 3 N–H and O–H groups in total. The van der Waals surface area contributed by atoms with Crippen molar-refractivity contribution in [1.29, 1.82) is 0 Å². The van der Waals surface area contributed by atoms with Gasteiger partial charge in [-0.1, -0.05) is 19.3 Å². The highest BCUT2D eigenvalue weighted by molar-refractivity contribution is 7.18. The first-order valence-corrected chi connectivity index (χ1v) is 8.32. The maximum atomic E-state index is 12.2. The minimum atomic E-state index is -0.312. The Balaban J connectivity index is 1.67. The molecule has 0 unspecified atom stereocenters. The van der Waals surface area contributed by atoms with E-state index in [1.54, 1.807) is 11.3 Å². The molecule has 1 aromatic heterocycles. The van der Waals surface area contributed by atoms with Crippen molar-refractivity contribution in [3.63, 3.8) is 0 Å². The van der Waals surface area contributed by atoms with Gasteiger partial charge in [-0.3, -0.25) is 4.79 Å². The molecule has 0 spiro atoms. The molecule has 1 fully saturated rings. The van der Waals surface area contributed by atoms with Crippen LogP contribution in [0.5, 0.6) is 0 Å². The van der Waals surface area contributed by atoms with E-state index in [-0.39, 0.29) is 11.4 Å². The molecule has 0 aliphatic heterocycles. The van der Waals surface area contributed by atoms with Crippen molar-refractivity contribution in [3.05, 3.63) is 23.2 Å². The summed E-state index contributed by atoms with van der Waals surface area (Å²) in [5, 5.41) is 4.01. The largest absolute Gasteiger partial charge is 0.326 e. The first-order chi connectivity index (χ1) is 10.0. The topological polar surface area (TPSA) is 68.0 Å². The minimum Gasteiger partial charge on any atom is -0.326 e. The fourth-order valence-corrected chi connectivity index (χ4v) is 3.94. The molecule has 4 nitrogen and oxygen atoms in total. The average molecular weight is 303 g/mol. The molecule has 0 bridgehead atoms. The van der Waals surface area contributed by atoms with Crippen LogP contribution in [0.25, 0.3) is 10.2 Å². The van der Waals surface area contributed by atoms with E-state index >= 15 is 0 Å². The maximum Gasteiger partial charge on any atom is 0.226 e. The molecule has 21 heavy (non-hydrogen) atoms. The highest BCUT2D eigenvalue weighted by Crippen LogP contribution is 2.29. The molecule has 112 valence electrons. The lowest BCUT2D eigenvalue weighted by atomic mass is 9.80. The molecule has 1 aliphatic carbocycles. The van der Waals surface area contributed by atoms with Crippen molar-refractivity contribution in [2.24, 2.45) is 5.73 Å². The Morgan fingerprint density at radius 2 is 2.14 bits per heavy atom. The Kier molecular flexibility index (Phi) is 3.95. The van der Waals surface area contributed by atoms with E-state index in [4.69, 9.17) is 5.73 Å². The van der Waals surface area contributed by atoms with Crippen LogP contribution in [0.3, 0.4) is 0 Å². The Bertz CT molecular complexity index is 659. The summed E-state index contributed by atoms with van der Waals surface area (Å²) >= 11 is 1.64. The number of hydrogen-bond acceptors (Lipinski definition) is 4. The van der Waals surface area contributed by atoms with E-state index in [9.17, 15) is 4.79 Å². The van der Waals surface area contributed by atoms with Gasteiger partial charge >= 0.3 is 0 Å². The average Bonchev–Trinajstić information content (AvgIpc) is 2.78. The summed E-state index contributed by atoms with van der Waals surface area (Å²) in [4.78, 5) is 16.6. The molecule has 2 aromatic rings. The summed E-state index contributed by atoms with van der Waals surface area (Å²) in [5.41, 5.74) is 7.84. The highest BCUT2D eigenvalue weighted by Gasteiger charge is 2.29. The predicted octanol–water partition coefficient (Wildman–Crippen LogP) is 3.59. The molecular formula is C16H21N3OS. The lowest BCUT2D eigenvalue weighted by Gasteiger charge is -2.32. The second kappa shape index (κ2) is 5.73. The molecule has 0 atom stereocenters. The van der Waals surface area contributed by atoms with Gasteiger partial charge in [0.25, 0.3) is 0 Å². The Hall–Kier alpha value is -1.46. The molecule has 0 saturated heterocycles. The number of nitrogens with two attached hydrogens (primary N) is 1. The fraction of sp³-hybridized carbons (Fsp3) is 0.500. The van der Waals surface area contributed by atoms with E-state index in [0.717, 1.165) is 46.6 Å². The van der Waals surface area contributed by atoms with Gasteiger partial charge in [0.2, 0.25) is 5.91 Å². The SMILES string of the molecule is Cc1nc2ccc(NC(=O)CC3(N)CCCCC3)cc2s1. The molecule has 0 radical (unpaired) electrons. The first-order valence-electron chi connectivity index (χ1n) is 7.50. The lowest BCUT2D eigenvalue weighted by molar-refractivity contribution is -0.117. The summed E-state index contributed by atoms with van der Waals surface area (Å²) in [7, 11) is 0. The van der Waals surface area contributed by atoms with Gasteiger partial charge in [-0.05, 0) is 38.0 Å². The van der Waals surface area contributed by atoms with E-state index in [2.05, 4.69) is 10.3 Å². The molecule has 1 saturated carbocycles. The van der Waals surface area contributed by atoms with Crippen LogP contribution >= 0.6 is 11.3 Å². The van der Waals surface area contributed by atoms with Gasteiger partial charge < -0.3 is 11.1 Å². The zero-order valence-electron chi connectivity index (χ0n) is 12.3.